The molecule has 3 aromatic rings. The summed E-state index contributed by atoms with van der Waals surface area (Å²) in [5.74, 6) is 0.660. The molecule has 146 valence electrons. The van der Waals surface area contributed by atoms with E-state index in [9.17, 15) is 4.79 Å². The number of para-hydroxylation sites is 1. The summed E-state index contributed by atoms with van der Waals surface area (Å²) in [6.07, 6.45) is 0. The summed E-state index contributed by atoms with van der Waals surface area (Å²) in [5.41, 5.74) is 4.07. The van der Waals surface area contributed by atoms with Crippen molar-refractivity contribution in [2.45, 2.75) is 37.7 Å². The highest BCUT2D eigenvalue weighted by Gasteiger charge is 2.20. The first-order valence-corrected chi connectivity index (χ1v) is 9.80. The van der Waals surface area contributed by atoms with Crippen LogP contribution in [0, 0.1) is 13.8 Å². The minimum absolute atomic E-state index is 0.0916. The molecule has 0 bridgehead atoms. The number of hydrogen-bond acceptors (Lipinski definition) is 6. The van der Waals surface area contributed by atoms with Crippen molar-refractivity contribution >= 4 is 17.7 Å². The molecule has 8 heteroatoms. The number of ether oxygens (including phenoxy) is 1. The van der Waals surface area contributed by atoms with E-state index in [-0.39, 0.29) is 11.2 Å². The Labute approximate surface area is 168 Å². The summed E-state index contributed by atoms with van der Waals surface area (Å²) in [7, 11) is 1.62. The number of methoxy groups -OCH3 is 1. The zero-order valence-corrected chi connectivity index (χ0v) is 17.2. The Morgan fingerprint density at radius 3 is 2.79 bits per heavy atom. The van der Waals surface area contributed by atoms with Gasteiger partial charge in [0.15, 0.2) is 0 Å². The van der Waals surface area contributed by atoms with E-state index in [2.05, 4.69) is 26.9 Å². The van der Waals surface area contributed by atoms with Crippen molar-refractivity contribution < 1.29 is 9.53 Å². The molecule has 1 heterocycles. The molecule has 0 aliphatic carbocycles. The molecule has 0 radical (unpaired) electrons. The van der Waals surface area contributed by atoms with Gasteiger partial charge in [-0.25, -0.2) is 0 Å². The molecule has 1 aromatic heterocycles. The second kappa shape index (κ2) is 8.88. The van der Waals surface area contributed by atoms with Crippen LogP contribution in [0.3, 0.4) is 0 Å². The molecule has 0 saturated carbocycles. The molecule has 0 saturated heterocycles. The van der Waals surface area contributed by atoms with Gasteiger partial charge in [0.2, 0.25) is 11.1 Å². The van der Waals surface area contributed by atoms with Gasteiger partial charge in [0.05, 0.1) is 18.0 Å². The number of thioether (sulfide) groups is 1. The van der Waals surface area contributed by atoms with E-state index in [0.717, 1.165) is 22.6 Å². The van der Waals surface area contributed by atoms with Crippen molar-refractivity contribution in [1.82, 2.24) is 25.5 Å². The minimum atomic E-state index is -0.356. The third-order valence-corrected chi connectivity index (χ3v) is 5.35. The number of benzene rings is 2. The topological polar surface area (TPSA) is 81.9 Å². The van der Waals surface area contributed by atoms with Gasteiger partial charge < -0.3 is 10.1 Å². The molecule has 3 rings (SSSR count). The number of nitrogens with one attached hydrogen (secondary N) is 1. The van der Waals surface area contributed by atoms with Crippen LogP contribution in [0.25, 0.3) is 5.69 Å². The minimum Gasteiger partial charge on any atom is -0.496 e. The molecule has 0 fully saturated rings. The van der Waals surface area contributed by atoms with Crippen molar-refractivity contribution in [3.05, 3.63) is 59.2 Å². The number of nitrogens with zero attached hydrogens (tertiary/aromatic N) is 4. The van der Waals surface area contributed by atoms with Crippen LogP contribution in [0.4, 0.5) is 0 Å². The highest BCUT2D eigenvalue weighted by molar-refractivity contribution is 8.00. The second-order valence-corrected chi connectivity index (χ2v) is 7.76. The molecule has 1 atom stereocenters. The second-order valence-electron chi connectivity index (χ2n) is 6.45. The molecule has 2 aromatic carbocycles. The predicted molar refractivity (Wildman–Crippen MR) is 109 cm³/mol. The van der Waals surface area contributed by atoms with Crippen LogP contribution >= 0.6 is 11.8 Å². The first kappa shape index (κ1) is 19.9. The Balaban J connectivity index is 1.67. The van der Waals surface area contributed by atoms with E-state index >= 15 is 0 Å². The number of aryl methyl sites for hydroxylation is 2. The molecule has 7 nitrogen and oxygen atoms in total. The van der Waals surface area contributed by atoms with E-state index in [0.29, 0.717) is 11.7 Å². The van der Waals surface area contributed by atoms with Gasteiger partial charge in [-0.3, -0.25) is 4.79 Å². The SMILES string of the molecule is COc1ccccc1CNC(=O)C(C)Sc1nnnn1-c1ccc(C)cc1C. The lowest BCUT2D eigenvalue weighted by atomic mass is 10.1. The Hall–Kier alpha value is -2.87. The molecule has 1 unspecified atom stereocenters. The summed E-state index contributed by atoms with van der Waals surface area (Å²) in [6, 6.07) is 13.7. The number of aromatic nitrogens is 4. The van der Waals surface area contributed by atoms with Crippen molar-refractivity contribution in [1.29, 1.82) is 0 Å². The highest BCUT2D eigenvalue weighted by Crippen LogP contribution is 2.25. The Kier molecular flexibility index (Phi) is 6.30. The van der Waals surface area contributed by atoms with E-state index in [4.69, 9.17) is 4.74 Å². The average Bonchev–Trinajstić information content (AvgIpc) is 3.14. The van der Waals surface area contributed by atoms with E-state index < -0.39 is 0 Å². The summed E-state index contributed by atoms with van der Waals surface area (Å²) in [4.78, 5) is 12.6. The lowest BCUT2D eigenvalue weighted by Crippen LogP contribution is -2.30. The number of hydrogen-bond donors (Lipinski definition) is 1. The third kappa shape index (κ3) is 4.51. The fourth-order valence-corrected chi connectivity index (χ4v) is 3.66. The van der Waals surface area contributed by atoms with Crippen LogP contribution in [0.1, 0.15) is 23.6 Å². The maximum absolute atomic E-state index is 12.6. The third-order valence-electron chi connectivity index (χ3n) is 4.32. The summed E-state index contributed by atoms with van der Waals surface area (Å²) in [5, 5.41) is 15.1. The number of amides is 1. The van der Waals surface area contributed by atoms with Gasteiger partial charge in [-0.15, -0.1) is 5.10 Å². The van der Waals surface area contributed by atoms with E-state index in [1.165, 1.54) is 17.3 Å². The quantitative estimate of drug-likeness (QED) is 0.617. The average molecular weight is 398 g/mol. The molecule has 0 aliphatic heterocycles. The van der Waals surface area contributed by atoms with Gasteiger partial charge in [-0.2, -0.15) is 4.68 Å². The number of rotatable bonds is 7. The number of carbonyl (C=O) groups is 1. The Bertz CT molecular complexity index is 973. The van der Waals surface area contributed by atoms with Gasteiger partial charge >= 0.3 is 0 Å². The molecule has 0 aliphatic rings. The lowest BCUT2D eigenvalue weighted by molar-refractivity contribution is -0.120. The molecular weight excluding hydrogens is 374 g/mol. The van der Waals surface area contributed by atoms with Crippen LogP contribution in [0.2, 0.25) is 0 Å². The molecule has 28 heavy (non-hydrogen) atoms. The van der Waals surface area contributed by atoms with E-state index in [1.54, 1.807) is 11.8 Å². The van der Waals surface area contributed by atoms with Gasteiger partial charge in [-0.05, 0) is 48.9 Å². The van der Waals surface area contributed by atoms with Gasteiger partial charge in [-0.1, -0.05) is 47.7 Å². The van der Waals surface area contributed by atoms with Gasteiger partial charge in [0, 0.05) is 12.1 Å². The summed E-state index contributed by atoms with van der Waals surface area (Å²) >= 11 is 1.32. The van der Waals surface area contributed by atoms with Crippen molar-refractivity contribution in [3.63, 3.8) is 0 Å². The normalized spacial score (nSPS) is 11.9. The van der Waals surface area contributed by atoms with Crippen LogP contribution < -0.4 is 10.1 Å². The molecule has 1 N–H and O–H groups in total. The first-order valence-electron chi connectivity index (χ1n) is 8.92. The Morgan fingerprint density at radius 2 is 2.04 bits per heavy atom. The van der Waals surface area contributed by atoms with Crippen LogP contribution in [0.5, 0.6) is 5.75 Å². The molecule has 1 amide bonds. The van der Waals surface area contributed by atoms with Crippen LogP contribution in [-0.4, -0.2) is 38.5 Å². The first-order chi connectivity index (χ1) is 13.5. The lowest BCUT2D eigenvalue weighted by Gasteiger charge is -2.14. The fourth-order valence-electron chi connectivity index (χ4n) is 2.83. The largest absolute Gasteiger partial charge is 0.496 e. The summed E-state index contributed by atoms with van der Waals surface area (Å²) < 4.78 is 6.99. The van der Waals surface area contributed by atoms with Gasteiger partial charge in [0.25, 0.3) is 0 Å². The van der Waals surface area contributed by atoms with Crippen LogP contribution in [0.15, 0.2) is 47.6 Å². The maximum atomic E-state index is 12.6. The summed E-state index contributed by atoms with van der Waals surface area (Å²) in [6.45, 7) is 6.29. The molecule has 0 spiro atoms. The predicted octanol–water partition coefficient (Wildman–Crippen LogP) is 3.08. The highest BCUT2D eigenvalue weighted by atomic mass is 32.2. The zero-order valence-electron chi connectivity index (χ0n) is 16.3. The van der Waals surface area contributed by atoms with Crippen molar-refractivity contribution in [3.8, 4) is 11.4 Å². The van der Waals surface area contributed by atoms with Crippen molar-refractivity contribution in [2.24, 2.45) is 0 Å². The standard InChI is InChI=1S/C20H23N5O2S/c1-13-9-10-17(14(2)11-13)25-20(22-23-24-25)28-15(3)19(26)21-12-16-7-5-6-8-18(16)27-4/h5-11,15H,12H2,1-4H3,(H,21,26). The monoisotopic (exact) mass is 397 g/mol. The van der Waals surface area contributed by atoms with E-state index in [1.807, 2.05) is 57.2 Å². The number of tetrazole rings is 1. The Morgan fingerprint density at radius 1 is 1.25 bits per heavy atom. The zero-order chi connectivity index (χ0) is 20.1. The van der Waals surface area contributed by atoms with Gasteiger partial charge in [0.1, 0.15) is 5.75 Å². The smallest absolute Gasteiger partial charge is 0.233 e. The molecular formula is C20H23N5O2S. The van der Waals surface area contributed by atoms with Crippen molar-refractivity contribution in [2.75, 3.05) is 7.11 Å². The van der Waals surface area contributed by atoms with Crippen LogP contribution in [-0.2, 0) is 11.3 Å². The maximum Gasteiger partial charge on any atom is 0.233 e. The fraction of sp³-hybridized carbons (Fsp3) is 0.300. The number of carbonyl (C=O) groups excluding carboxylic acids is 1.